The fourth-order valence-electron chi connectivity index (χ4n) is 4.71. The molecule has 4 nitrogen and oxygen atoms in total. The minimum absolute atomic E-state index is 0.0643. The van der Waals surface area contributed by atoms with E-state index in [1.807, 2.05) is 18.2 Å². The second kappa shape index (κ2) is 10.5. The SMILES string of the molecule is COc1ccc(F)c(-c2ccc(COc3cc(F)cc(CCC(=O)O)c3)cc2C2=CCCC2(C)C)c1. The van der Waals surface area contributed by atoms with Crippen molar-refractivity contribution in [1.82, 2.24) is 0 Å². The van der Waals surface area contributed by atoms with Gasteiger partial charge in [-0.15, -0.1) is 0 Å². The molecule has 0 aromatic heterocycles. The van der Waals surface area contributed by atoms with Crippen LogP contribution in [0, 0.1) is 17.0 Å². The first-order valence-electron chi connectivity index (χ1n) is 12.0. The van der Waals surface area contributed by atoms with Crippen LogP contribution < -0.4 is 9.47 Å². The quantitative estimate of drug-likeness (QED) is 0.337. The zero-order valence-corrected chi connectivity index (χ0v) is 20.7. The Bertz CT molecular complexity index is 1310. The van der Waals surface area contributed by atoms with E-state index < -0.39 is 11.8 Å². The van der Waals surface area contributed by atoms with Gasteiger partial charge in [-0.3, -0.25) is 4.79 Å². The molecule has 0 saturated carbocycles. The Balaban J connectivity index is 1.67. The third kappa shape index (κ3) is 5.76. The van der Waals surface area contributed by atoms with Crippen molar-refractivity contribution >= 4 is 11.5 Å². The Morgan fingerprint density at radius 2 is 1.75 bits per heavy atom. The summed E-state index contributed by atoms with van der Waals surface area (Å²) in [6, 6.07) is 14.8. The zero-order chi connectivity index (χ0) is 25.9. The van der Waals surface area contributed by atoms with Crippen LogP contribution in [0.3, 0.4) is 0 Å². The number of halogens is 2. The van der Waals surface area contributed by atoms with Gasteiger partial charge in [0.25, 0.3) is 0 Å². The van der Waals surface area contributed by atoms with Gasteiger partial charge in [-0.2, -0.15) is 0 Å². The topological polar surface area (TPSA) is 55.8 Å². The highest BCUT2D eigenvalue weighted by atomic mass is 19.1. The lowest BCUT2D eigenvalue weighted by molar-refractivity contribution is -0.136. The Labute approximate surface area is 210 Å². The van der Waals surface area contributed by atoms with Gasteiger partial charge >= 0.3 is 5.97 Å². The van der Waals surface area contributed by atoms with Crippen LogP contribution in [0.4, 0.5) is 8.78 Å². The number of ether oxygens (including phenoxy) is 2. The van der Waals surface area contributed by atoms with Crippen molar-refractivity contribution in [2.75, 3.05) is 7.11 Å². The van der Waals surface area contributed by atoms with Crippen molar-refractivity contribution in [3.63, 3.8) is 0 Å². The maximum absolute atomic E-state index is 14.9. The van der Waals surface area contributed by atoms with Crippen LogP contribution >= 0.6 is 0 Å². The Morgan fingerprint density at radius 1 is 0.944 bits per heavy atom. The Hall–Kier alpha value is -3.67. The average molecular weight is 493 g/mol. The summed E-state index contributed by atoms with van der Waals surface area (Å²) in [5, 5.41) is 8.91. The molecule has 0 radical (unpaired) electrons. The molecule has 0 fully saturated rings. The van der Waals surface area contributed by atoms with Crippen molar-refractivity contribution in [3.8, 4) is 22.6 Å². The number of benzene rings is 3. The standard InChI is InChI=1S/C30H30F2O4/c1-30(2)12-4-5-27(30)25-15-20(6-9-24(25)26-17-22(35-3)8-10-28(26)32)18-36-23-14-19(7-11-29(33)34)13-21(31)16-23/h5-6,8-10,13-17H,4,7,11-12,18H2,1-3H3,(H,33,34). The highest BCUT2D eigenvalue weighted by Crippen LogP contribution is 2.47. The maximum Gasteiger partial charge on any atom is 0.303 e. The van der Waals surface area contributed by atoms with E-state index >= 15 is 0 Å². The maximum atomic E-state index is 14.9. The lowest BCUT2D eigenvalue weighted by Gasteiger charge is -2.25. The molecule has 0 bridgehead atoms. The predicted octanol–water partition coefficient (Wildman–Crippen LogP) is 7.44. The smallest absolute Gasteiger partial charge is 0.303 e. The van der Waals surface area contributed by atoms with Gasteiger partial charge in [-0.05, 0) is 88.9 Å². The van der Waals surface area contributed by atoms with E-state index in [4.69, 9.17) is 14.6 Å². The van der Waals surface area contributed by atoms with Gasteiger partial charge in [-0.1, -0.05) is 32.1 Å². The van der Waals surface area contributed by atoms with Crippen LogP contribution in [0.2, 0.25) is 0 Å². The molecule has 3 aromatic carbocycles. The summed E-state index contributed by atoms with van der Waals surface area (Å²) in [6.45, 7) is 4.56. The van der Waals surface area contributed by atoms with E-state index in [2.05, 4.69) is 19.9 Å². The van der Waals surface area contributed by atoms with Crippen molar-refractivity contribution in [1.29, 1.82) is 0 Å². The van der Waals surface area contributed by atoms with E-state index in [0.29, 0.717) is 22.6 Å². The lowest BCUT2D eigenvalue weighted by atomic mass is 9.79. The second-order valence-corrected chi connectivity index (χ2v) is 9.74. The first-order chi connectivity index (χ1) is 17.2. The largest absolute Gasteiger partial charge is 0.497 e. The molecule has 0 heterocycles. The molecule has 0 aliphatic heterocycles. The number of hydrogen-bond donors (Lipinski definition) is 1. The molecule has 0 spiro atoms. The van der Waals surface area contributed by atoms with E-state index in [9.17, 15) is 13.6 Å². The van der Waals surface area contributed by atoms with Gasteiger partial charge in [0.15, 0.2) is 0 Å². The molecule has 1 aliphatic carbocycles. The van der Waals surface area contributed by atoms with E-state index in [1.54, 1.807) is 25.3 Å². The number of carbonyl (C=O) groups is 1. The first-order valence-corrected chi connectivity index (χ1v) is 12.0. The second-order valence-electron chi connectivity index (χ2n) is 9.74. The molecule has 0 amide bonds. The van der Waals surface area contributed by atoms with Gasteiger partial charge in [-0.25, -0.2) is 8.78 Å². The number of rotatable bonds is 9. The third-order valence-electron chi connectivity index (χ3n) is 6.65. The van der Waals surface area contributed by atoms with Gasteiger partial charge in [0.05, 0.1) is 7.11 Å². The van der Waals surface area contributed by atoms with Crippen molar-refractivity contribution < 1.29 is 28.2 Å². The number of methoxy groups -OCH3 is 1. The molecule has 3 aromatic rings. The number of aliphatic carboxylic acids is 1. The molecule has 1 N–H and O–H groups in total. The van der Waals surface area contributed by atoms with Crippen LogP contribution in [-0.4, -0.2) is 18.2 Å². The summed E-state index contributed by atoms with van der Waals surface area (Å²) >= 11 is 0. The van der Waals surface area contributed by atoms with E-state index in [-0.39, 0.29) is 30.7 Å². The number of carboxylic acid groups (broad SMARTS) is 1. The minimum atomic E-state index is -0.939. The van der Waals surface area contributed by atoms with Gasteiger partial charge in [0.2, 0.25) is 0 Å². The summed E-state index contributed by atoms with van der Waals surface area (Å²) in [6.07, 6.45) is 4.30. The summed E-state index contributed by atoms with van der Waals surface area (Å²) in [4.78, 5) is 10.9. The highest BCUT2D eigenvalue weighted by Gasteiger charge is 2.30. The molecule has 6 heteroatoms. The zero-order valence-electron chi connectivity index (χ0n) is 20.7. The molecule has 0 saturated heterocycles. The number of aryl methyl sites for hydroxylation is 1. The van der Waals surface area contributed by atoms with Gasteiger partial charge < -0.3 is 14.6 Å². The molecule has 4 rings (SSSR count). The van der Waals surface area contributed by atoms with Crippen LogP contribution in [0.15, 0.2) is 60.7 Å². The summed E-state index contributed by atoms with van der Waals surface area (Å²) in [5.74, 6) is -0.832. The van der Waals surface area contributed by atoms with Crippen LogP contribution in [0.5, 0.6) is 11.5 Å². The van der Waals surface area contributed by atoms with Gasteiger partial charge in [0.1, 0.15) is 29.7 Å². The van der Waals surface area contributed by atoms with Crippen LogP contribution in [-0.2, 0) is 17.8 Å². The molecule has 1 aliphatic rings. The Kier molecular flexibility index (Phi) is 7.43. The molecule has 188 valence electrons. The van der Waals surface area contributed by atoms with Crippen LogP contribution in [0.25, 0.3) is 16.7 Å². The normalized spacial score (nSPS) is 14.4. The van der Waals surface area contributed by atoms with Gasteiger partial charge in [0, 0.05) is 18.1 Å². The summed E-state index contributed by atoms with van der Waals surface area (Å²) in [5.41, 5.74) is 4.69. The molecular weight excluding hydrogens is 462 g/mol. The van der Waals surface area contributed by atoms with Crippen molar-refractivity contribution in [2.45, 2.75) is 46.1 Å². The predicted molar refractivity (Wildman–Crippen MR) is 136 cm³/mol. The molecule has 36 heavy (non-hydrogen) atoms. The third-order valence-corrected chi connectivity index (χ3v) is 6.65. The van der Waals surface area contributed by atoms with E-state index in [0.717, 1.165) is 35.1 Å². The summed E-state index contributed by atoms with van der Waals surface area (Å²) in [7, 11) is 1.56. The number of allylic oxidation sites excluding steroid dienone is 2. The van der Waals surface area contributed by atoms with E-state index in [1.165, 1.54) is 18.2 Å². The monoisotopic (exact) mass is 492 g/mol. The van der Waals surface area contributed by atoms with Crippen molar-refractivity contribution in [3.05, 3.63) is 89.0 Å². The molecular formula is C30H30F2O4. The number of carboxylic acids is 1. The number of hydrogen-bond acceptors (Lipinski definition) is 3. The van der Waals surface area contributed by atoms with Crippen LogP contribution in [0.1, 0.15) is 49.8 Å². The lowest BCUT2D eigenvalue weighted by Crippen LogP contribution is -2.10. The summed E-state index contributed by atoms with van der Waals surface area (Å²) < 4.78 is 40.3. The highest BCUT2D eigenvalue weighted by molar-refractivity contribution is 5.85. The Morgan fingerprint density at radius 3 is 2.44 bits per heavy atom. The minimum Gasteiger partial charge on any atom is -0.497 e. The average Bonchev–Trinajstić information content (AvgIpc) is 3.20. The molecule has 0 unspecified atom stereocenters. The van der Waals surface area contributed by atoms with Crippen molar-refractivity contribution in [2.24, 2.45) is 5.41 Å². The molecule has 0 atom stereocenters. The fourth-order valence-corrected chi connectivity index (χ4v) is 4.71. The fraction of sp³-hybridized carbons (Fsp3) is 0.300. The first kappa shape index (κ1) is 25.4.